The number of pyridine rings is 1. The number of alkyl halides is 3. The van der Waals surface area contributed by atoms with Crippen molar-refractivity contribution in [2.75, 3.05) is 7.11 Å². The summed E-state index contributed by atoms with van der Waals surface area (Å²) >= 11 is 0. The molecule has 1 unspecified atom stereocenters. The second-order valence-electron chi connectivity index (χ2n) is 7.64. The number of esters is 1. The molecule has 2 heterocycles. The lowest BCUT2D eigenvalue weighted by Crippen LogP contribution is -2.39. The Morgan fingerprint density at radius 2 is 1.90 bits per heavy atom. The maximum absolute atomic E-state index is 12.7. The number of hydrogen-bond acceptors (Lipinski definition) is 7. The number of halogens is 3. The minimum Gasteiger partial charge on any atom is -0.480 e. The van der Waals surface area contributed by atoms with Gasteiger partial charge in [-0.05, 0) is 32.4 Å². The van der Waals surface area contributed by atoms with Gasteiger partial charge in [-0.2, -0.15) is 13.2 Å². The van der Waals surface area contributed by atoms with Crippen LogP contribution in [0, 0.1) is 0 Å². The van der Waals surface area contributed by atoms with Crippen molar-refractivity contribution < 1.29 is 42.1 Å². The minimum absolute atomic E-state index is 0.0108. The van der Waals surface area contributed by atoms with Gasteiger partial charge in [0.15, 0.2) is 5.65 Å². The average Bonchev–Trinajstić information content (AvgIpc) is 3.02. The molecule has 0 spiro atoms. The van der Waals surface area contributed by atoms with Crippen molar-refractivity contribution >= 4 is 29.1 Å². The summed E-state index contributed by atoms with van der Waals surface area (Å²) in [5, 5.41) is 11.5. The molecule has 0 amide bonds. The highest BCUT2D eigenvalue weighted by atomic mass is 19.4. The highest BCUT2D eigenvalue weighted by Crippen LogP contribution is 2.27. The molecule has 0 aliphatic carbocycles. The number of carbonyl (C=O) groups is 3. The van der Waals surface area contributed by atoms with Crippen LogP contribution in [0.15, 0.2) is 18.5 Å². The first kappa shape index (κ1) is 24.1. The lowest BCUT2D eigenvalue weighted by atomic mass is 10.1. The van der Waals surface area contributed by atoms with Crippen LogP contribution < -0.4 is 5.32 Å². The molecule has 0 saturated carbocycles. The van der Waals surface area contributed by atoms with Crippen LogP contribution in [0.5, 0.6) is 0 Å². The zero-order chi connectivity index (χ0) is 23.6. The Kier molecular flexibility index (Phi) is 6.94. The van der Waals surface area contributed by atoms with Crippen LogP contribution in [0.4, 0.5) is 18.0 Å². The van der Waals surface area contributed by atoms with E-state index in [1.807, 2.05) is 0 Å². The topological polar surface area (TPSA) is 120 Å². The molecular weight excluding hydrogens is 423 g/mol. The van der Waals surface area contributed by atoms with E-state index >= 15 is 0 Å². The first-order valence-electron chi connectivity index (χ1n) is 9.07. The van der Waals surface area contributed by atoms with Crippen molar-refractivity contribution in [1.29, 1.82) is 0 Å². The van der Waals surface area contributed by atoms with E-state index in [4.69, 9.17) is 14.6 Å². The lowest BCUT2D eigenvalue weighted by molar-refractivity contribution is -0.158. The number of hydrogen-bond donors (Lipinski definition) is 2. The molecule has 0 aromatic carbocycles. The van der Waals surface area contributed by atoms with Gasteiger partial charge in [0, 0.05) is 24.3 Å². The van der Waals surface area contributed by atoms with Crippen molar-refractivity contribution in [1.82, 2.24) is 14.9 Å². The Labute approximate surface area is 175 Å². The third-order valence-corrected chi connectivity index (χ3v) is 4.04. The number of nitrogens with zero attached hydrogens (tertiary/aromatic N) is 2. The molecule has 12 heteroatoms. The summed E-state index contributed by atoms with van der Waals surface area (Å²) in [6.45, 7) is 4.60. The summed E-state index contributed by atoms with van der Waals surface area (Å²) in [6, 6.07) is -0.508. The van der Waals surface area contributed by atoms with Crippen LogP contribution in [-0.4, -0.2) is 57.6 Å². The first-order valence-corrected chi connectivity index (χ1v) is 9.07. The summed E-state index contributed by atoms with van der Waals surface area (Å²) in [5.41, 5.74) is -0.654. The van der Waals surface area contributed by atoms with Crippen molar-refractivity contribution in [2.45, 2.75) is 51.6 Å². The fraction of sp³-hybridized carbons (Fsp3) is 0.474. The van der Waals surface area contributed by atoms with E-state index in [0.717, 1.165) is 17.9 Å². The van der Waals surface area contributed by atoms with Gasteiger partial charge in [0.1, 0.15) is 11.6 Å². The number of fused-ring (bicyclic) bond motifs is 1. The summed E-state index contributed by atoms with van der Waals surface area (Å²) in [5.74, 6) is -2.49. The zero-order valence-electron chi connectivity index (χ0n) is 17.2. The summed E-state index contributed by atoms with van der Waals surface area (Å²) < 4.78 is 49.0. The maximum Gasteiger partial charge on any atom is 0.420 e. The van der Waals surface area contributed by atoms with Gasteiger partial charge in [0.2, 0.25) is 0 Å². The number of rotatable bonds is 6. The molecule has 0 saturated heterocycles. The molecule has 9 nitrogen and oxygen atoms in total. The summed E-state index contributed by atoms with van der Waals surface area (Å²) in [7, 11) is 1.12. The standard InChI is InChI=1S/C19H22F3N3O6/c1-18(2,3)31-17(29)25-9-11(16(28)30-4)13-10(5-6-23-14(13)25)8-24-12(15(26)27)7-19(20,21)22/h5-6,9,12,24H,7-8H2,1-4H3,(H,26,27). The molecule has 1 atom stereocenters. The molecule has 0 fully saturated rings. The second kappa shape index (κ2) is 8.92. The SMILES string of the molecule is COC(=O)c1cn(C(=O)OC(C)(C)C)c2nccc(CNC(CC(F)(F)F)C(=O)O)c12. The number of ether oxygens (including phenoxy) is 2. The van der Waals surface area contributed by atoms with E-state index in [2.05, 4.69) is 10.3 Å². The molecule has 0 aliphatic rings. The number of carboxylic acid groups (broad SMARTS) is 1. The minimum atomic E-state index is -4.69. The van der Waals surface area contributed by atoms with Crippen LogP contribution in [0.1, 0.15) is 43.1 Å². The van der Waals surface area contributed by atoms with Gasteiger partial charge in [-0.25, -0.2) is 19.1 Å². The van der Waals surface area contributed by atoms with E-state index in [-0.39, 0.29) is 28.7 Å². The van der Waals surface area contributed by atoms with Gasteiger partial charge >= 0.3 is 24.2 Å². The lowest BCUT2D eigenvalue weighted by Gasteiger charge is -2.19. The summed E-state index contributed by atoms with van der Waals surface area (Å²) in [6.07, 6.45) is -4.67. The van der Waals surface area contributed by atoms with E-state index in [9.17, 15) is 27.6 Å². The molecule has 0 aliphatic heterocycles. The second-order valence-corrected chi connectivity index (χ2v) is 7.64. The third kappa shape index (κ3) is 6.17. The molecule has 2 aromatic heterocycles. The highest BCUT2D eigenvalue weighted by Gasteiger charge is 2.35. The van der Waals surface area contributed by atoms with Crippen molar-refractivity contribution in [3.05, 3.63) is 29.6 Å². The van der Waals surface area contributed by atoms with Gasteiger partial charge in [0.05, 0.1) is 19.1 Å². The Hall–Kier alpha value is -3.15. The quantitative estimate of drug-likeness (QED) is 0.651. The monoisotopic (exact) mass is 445 g/mol. The number of aromatic nitrogens is 2. The van der Waals surface area contributed by atoms with Crippen molar-refractivity contribution in [3.8, 4) is 0 Å². The van der Waals surface area contributed by atoms with Gasteiger partial charge in [0.25, 0.3) is 0 Å². The van der Waals surface area contributed by atoms with E-state index in [1.54, 1.807) is 20.8 Å². The van der Waals surface area contributed by atoms with Crippen LogP contribution in [0.25, 0.3) is 11.0 Å². The average molecular weight is 445 g/mol. The van der Waals surface area contributed by atoms with Gasteiger partial charge in [-0.1, -0.05) is 0 Å². The summed E-state index contributed by atoms with van der Waals surface area (Å²) in [4.78, 5) is 40.1. The van der Waals surface area contributed by atoms with E-state index in [0.29, 0.717) is 0 Å². The smallest absolute Gasteiger partial charge is 0.420 e. The Morgan fingerprint density at radius 3 is 2.42 bits per heavy atom. The number of nitrogens with one attached hydrogen (secondary N) is 1. The predicted molar refractivity (Wildman–Crippen MR) is 102 cm³/mol. The normalized spacial score (nSPS) is 13.1. The number of carbonyl (C=O) groups excluding carboxylic acids is 2. The van der Waals surface area contributed by atoms with E-state index in [1.165, 1.54) is 12.3 Å². The first-order chi connectivity index (χ1) is 14.2. The zero-order valence-corrected chi connectivity index (χ0v) is 17.2. The third-order valence-electron chi connectivity index (χ3n) is 4.04. The fourth-order valence-electron chi connectivity index (χ4n) is 2.79. The Bertz CT molecular complexity index is 994. The molecule has 2 aromatic rings. The molecular formula is C19H22F3N3O6. The van der Waals surface area contributed by atoms with Crippen LogP contribution >= 0.6 is 0 Å². The number of carboxylic acids is 1. The largest absolute Gasteiger partial charge is 0.480 e. The molecule has 31 heavy (non-hydrogen) atoms. The Morgan fingerprint density at radius 1 is 1.26 bits per heavy atom. The molecule has 2 N–H and O–H groups in total. The highest BCUT2D eigenvalue weighted by molar-refractivity contribution is 6.06. The van der Waals surface area contributed by atoms with E-state index < -0.39 is 42.3 Å². The fourth-order valence-corrected chi connectivity index (χ4v) is 2.79. The van der Waals surface area contributed by atoms with Crippen LogP contribution in [0.2, 0.25) is 0 Å². The molecule has 0 radical (unpaired) electrons. The van der Waals surface area contributed by atoms with Gasteiger partial charge in [-0.15, -0.1) is 0 Å². The van der Waals surface area contributed by atoms with Crippen molar-refractivity contribution in [3.63, 3.8) is 0 Å². The molecule has 2 rings (SSSR count). The predicted octanol–water partition coefficient (Wildman–Crippen LogP) is 3.10. The molecule has 170 valence electrons. The van der Waals surface area contributed by atoms with Crippen molar-refractivity contribution in [2.24, 2.45) is 0 Å². The number of methoxy groups -OCH3 is 1. The van der Waals surface area contributed by atoms with Crippen LogP contribution in [0.3, 0.4) is 0 Å². The number of aliphatic carboxylic acids is 1. The Balaban J connectivity index is 2.49. The van der Waals surface area contributed by atoms with Gasteiger partial charge in [-0.3, -0.25) is 10.1 Å². The van der Waals surface area contributed by atoms with Gasteiger partial charge < -0.3 is 14.6 Å². The van der Waals surface area contributed by atoms with Crippen LogP contribution in [-0.2, 0) is 20.8 Å². The molecule has 0 bridgehead atoms. The maximum atomic E-state index is 12.7.